The summed E-state index contributed by atoms with van der Waals surface area (Å²) in [5.41, 5.74) is 2.49. The summed E-state index contributed by atoms with van der Waals surface area (Å²) in [5.74, 6) is -0.192. The molecule has 3 rings (SSSR count). The number of aryl methyl sites for hydroxylation is 1. The van der Waals surface area contributed by atoms with Gasteiger partial charge in [0.05, 0.1) is 4.90 Å². The smallest absolute Gasteiger partial charge is 0.251 e. The minimum Gasteiger partial charge on any atom is -0.351 e. The lowest BCUT2D eigenvalue weighted by atomic mass is 9.91. The van der Waals surface area contributed by atoms with Gasteiger partial charge >= 0.3 is 0 Å². The molecule has 0 bridgehead atoms. The van der Waals surface area contributed by atoms with E-state index in [0.717, 1.165) is 11.1 Å². The van der Waals surface area contributed by atoms with E-state index in [0.29, 0.717) is 12.1 Å². The first-order valence-electron chi connectivity index (χ1n) is 7.41. The molecule has 1 atom stereocenters. The monoisotopic (exact) mass is 330 g/mol. The first kappa shape index (κ1) is 15.7. The molecule has 1 unspecified atom stereocenters. The van der Waals surface area contributed by atoms with Crippen molar-refractivity contribution in [3.05, 3.63) is 65.2 Å². The average molecular weight is 330 g/mol. The highest BCUT2D eigenvalue weighted by Crippen LogP contribution is 2.23. The summed E-state index contributed by atoms with van der Waals surface area (Å²) in [6.45, 7) is 2.57. The molecular formula is C17H18N2O3S. The van der Waals surface area contributed by atoms with Gasteiger partial charge in [-0.15, -0.1) is 0 Å². The first-order chi connectivity index (χ1) is 11.0. The highest BCUT2D eigenvalue weighted by Gasteiger charge is 2.26. The van der Waals surface area contributed by atoms with Crippen molar-refractivity contribution in [1.29, 1.82) is 0 Å². The summed E-state index contributed by atoms with van der Waals surface area (Å²) in [6, 6.07) is 14.0. The van der Waals surface area contributed by atoms with Gasteiger partial charge in [-0.05, 0) is 30.7 Å². The summed E-state index contributed by atoms with van der Waals surface area (Å²) in [7, 11) is -3.56. The second kappa shape index (κ2) is 6.14. The van der Waals surface area contributed by atoms with E-state index in [4.69, 9.17) is 0 Å². The van der Waals surface area contributed by atoms with Gasteiger partial charge in [0.15, 0.2) is 0 Å². The average Bonchev–Trinajstić information content (AvgIpc) is 2.55. The van der Waals surface area contributed by atoms with Crippen LogP contribution in [0.5, 0.6) is 0 Å². The number of benzene rings is 2. The van der Waals surface area contributed by atoms with Gasteiger partial charge < -0.3 is 5.32 Å². The Morgan fingerprint density at radius 1 is 1.13 bits per heavy atom. The summed E-state index contributed by atoms with van der Waals surface area (Å²) < 4.78 is 27.4. The highest BCUT2D eigenvalue weighted by molar-refractivity contribution is 7.89. The molecule has 0 saturated heterocycles. The molecule has 0 radical (unpaired) electrons. The van der Waals surface area contributed by atoms with Crippen molar-refractivity contribution in [3.8, 4) is 0 Å². The predicted octanol–water partition coefficient (Wildman–Crippen LogP) is 1.80. The Labute approximate surface area is 135 Å². The molecule has 2 aromatic carbocycles. The molecule has 2 N–H and O–H groups in total. The van der Waals surface area contributed by atoms with Gasteiger partial charge in [-0.3, -0.25) is 4.79 Å². The molecule has 0 aromatic heterocycles. The van der Waals surface area contributed by atoms with Crippen LogP contribution in [-0.2, 0) is 10.0 Å². The third-order valence-corrected chi connectivity index (χ3v) is 5.44. The Bertz CT molecular complexity index is 829. The predicted molar refractivity (Wildman–Crippen MR) is 87.9 cm³/mol. The van der Waals surface area contributed by atoms with Crippen molar-refractivity contribution in [2.45, 2.75) is 17.7 Å². The van der Waals surface area contributed by atoms with Crippen molar-refractivity contribution >= 4 is 15.9 Å². The zero-order valence-electron chi connectivity index (χ0n) is 12.7. The molecule has 1 heterocycles. The number of hydrogen-bond acceptors (Lipinski definition) is 3. The van der Waals surface area contributed by atoms with Gasteiger partial charge in [0.25, 0.3) is 5.91 Å². The number of amides is 1. The van der Waals surface area contributed by atoms with Crippen LogP contribution in [0, 0.1) is 6.92 Å². The zero-order valence-corrected chi connectivity index (χ0v) is 13.6. The van der Waals surface area contributed by atoms with Crippen LogP contribution in [0.4, 0.5) is 0 Å². The maximum atomic E-state index is 12.4. The third-order valence-electron chi connectivity index (χ3n) is 4.01. The van der Waals surface area contributed by atoms with Crippen molar-refractivity contribution in [2.24, 2.45) is 0 Å². The van der Waals surface area contributed by atoms with Crippen molar-refractivity contribution in [1.82, 2.24) is 10.0 Å². The Balaban J connectivity index is 1.77. The van der Waals surface area contributed by atoms with E-state index in [2.05, 4.69) is 10.0 Å². The number of rotatable bonds is 4. The Hall–Kier alpha value is -2.18. The lowest BCUT2D eigenvalue weighted by Gasteiger charge is -2.25. The van der Waals surface area contributed by atoms with E-state index >= 15 is 0 Å². The van der Waals surface area contributed by atoms with Gasteiger partial charge in [-0.2, -0.15) is 0 Å². The summed E-state index contributed by atoms with van der Waals surface area (Å²) in [4.78, 5) is 12.1. The zero-order chi connectivity index (χ0) is 16.4. The third kappa shape index (κ3) is 3.28. The minimum atomic E-state index is -3.56. The normalized spacial score (nSPS) is 17.4. The summed E-state index contributed by atoms with van der Waals surface area (Å²) in [5, 5.41) is 2.80. The van der Waals surface area contributed by atoms with Crippen molar-refractivity contribution < 1.29 is 13.2 Å². The first-order valence-corrected chi connectivity index (χ1v) is 8.89. The summed E-state index contributed by atoms with van der Waals surface area (Å²) in [6.07, 6.45) is 0. The number of hydrogen-bond donors (Lipinski definition) is 2. The second-order valence-electron chi connectivity index (χ2n) is 5.66. The second-order valence-corrected chi connectivity index (χ2v) is 7.43. The van der Waals surface area contributed by atoms with Gasteiger partial charge in [-0.25, -0.2) is 13.1 Å². The fourth-order valence-corrected chi connectivity index (χ4v) is 3.76. The lowest BCUT2D eigenvalue weighted by Crippen LogP contribution is -2.40. The molecule has 1 aliphatic rings. The van der Waals surface area contributed by atoms with Crippen molar-refractivity contribution in [2.75, 3.05) is 13.1 Å². The van der Waals surface area contributed by atoms with Crippen LogP contribution in [0.15, 0.2) is 53.4 Å². The molecule has 0 aliphatic carbocycles. The van der Waals surface area contributed by atoms with Crippen LogP contribution >= 0.6 is 0 Å². The van der Waals surface area contributed by atoms with E-state index in [1.807, 2.05) is 19.1 Å². The fourth-order valence-electron chi connectivity index (χ4n) is 2.67. The Morgan fingerprint density at radius 3 is 2.57 bits per heavy atom. The molecule has 23 heavy (non-hydrogen) atoms. The minimum absolute atomic E-state index is 0.0795. The number of fused-ring (bicyclic) bond motifs is 1. The maximum Gasteiger partial charge on any atom is 0.251 e. The van der Waals surface area contributed by atoms with Crippen LogP contribution in [-0.4, -0.2) is 27.4 Å². The molecule has 120 valence electrons. The molecule has 1 aliphatic heterocycles. The number of carbonyl (C=O) groups excluding carboxylic acids is 1. The Morgan fingerprint density at radius 2 is 1.83 bits per heavy atom. The molecule has 0 spiro atoms. The number of sulfonamides is 1. The van der Waals surface area contributed by atoms with Crippen LogP contribution < -0.4 is 10.0 Å². The van der Waals surface area contributed by atoms with Crippen LogP contribution in [0.2, 0.25) is 0 Å². The molecular weight excluding hydrogens is 312 g/mol. The van der Waals surface area contributed by atoms with Crippen LogP contribution in [0.1, 0.15) is 27.4 Å². The molecule has 0 saturated carbocycles. The molecule has 1 amide bonds. The topological polar surface area (TPSA) is 75.3 Å². The van der Waals surface area contributed by atoms with Crippen LogP contribution in [0.3, 0.4) is 0 Å². The van der Waals surface area contributed by atoms with Gasteiger partial charge in [-0.1, -0.05) is 35.9 Å². The van der Waals surface area contributed by atoms with Crippen molar-refractivity contribution in [3.63, 3.8) is 0 Å². The van der Waals surface area contributed by atoms with E-state index < -0.39 is 10.0 Å². The molecule has 6 heteroatoms. The van der Waals surface area contributed by atoms with Gasteiger partial charge in [0.2, 0.25) is 10.0 Å². The van der Waals surface area contributed by atoms with E-state index in [1.165, 1.54) is 0 Å². The highest BCUT2D eigenvalue weighted by atomic mass is 32.2. The lowest BCUT2D eigenvalue weighted by molar-refractivity contribution is 0.0940. The molecule has 5 nitrogen and oxygen atoms in total. The van der Waals surface area contributed by atoms with E-state index in [9.17, 15) is 13.2 Å². The molecule has 2 aromatic rings. The standard InChI is InChI=1S/C17H18N2O3S/c1-12-6-8-14(9-7-12)23(21,22)19-11-13-10-18-17(20)16-5-3-2-4-15(13)16/h2-9,13,19H,10-11H2,1H3,(H,18,20). The van der Waals surface area contributed by atoms with E-state index in [-0.39, 0.29) is 23.3 Å². The van der Waals surface area contributed by atoms with Gasteiger partial charge in [0, 0.05) is 24.6 Å². The fraction of sp³-hybridized carbons (Fsp3) is 0.235. The SMILES string of the molecule is Cc1ccc(S(=O)(=O)NCC2CNC(=O)c3ccccc32)cc1. The quantitative estimate of drug-likeness (QED) is 0.897. The van der Waals surface area contributed by atoms with E-state index in [1.54, 1.807) is 36.4 Å². The summed E-state index contributed by atoms with van der Waals surface area (Å²) >= 11 is 0. The Kier molecular flexibility index (Phi) is 4.19. The van der Waals surface area contributed by atoms with Crippen LogP contribution in [0.25, 0.3) is 0 Å². The molecule has 0 fully saturated rings. The number of carbonyl (C=O) groups is 1. The number of nitrogens with one attached hydrogen (secondary N) is 2. The van der Waals surface area contributed by atoms with Gasteiger partial charge in [0.1, 0.15) is 0 Å². The largest absolute Gasteiger partial charge is 0.351 e. The maximum absolute atomic E-state index is 12.4.